The first-order chi connectivity index (χ1) is 13.3. The Morgan fingerprint density at radius 3 is 2.14 bits per heavy atom. The summed E-state index contributed by atoms with van der Waals surface area (Å²) in [5.41, 5.74) is -0.945. The van der Waals surface area contributed by atoms with Crippen LogP contribution in [-0.4, -0.2) is 48.3 Å². The van der Waals surface area contributed by atoms with E-state index in [9.17, 15) is 18.0 Å². The van der Waals surface area contributed by atoms with Crippen LogP contribution >= 0.6 is 0 Å². The molecule has 1 aliphatic heterocycles. The fourth-order valence-corrected chi connectivity index (χ4v) is 2.56. The van der Waals surface area contributed by atoms with Gasteiger partial charge in [-0.15, -0.1) is 0 Å². The molecule has 0 amide bonds. The number of piperidine rings is 1. The van der Waals surface area contributed by atoms with Crippen molar-refractivity contribution in [1.82, 2.24) is 4.98 Å². The summed E-state index contributed by atoms with van der Waals surface area (Å²) in [6, 6.07) is 2.35. The van der Waals surface area contributed by atoms with Crippen LogP contribution in [0.1, 0.15) is 46.2 Å². The Labute approximate surface area is 168 Å². The van der Waals surface area contributed by atoms with Gasteiger partial charge in [0, 0.05) is 39.9 Å². The number of anilines is 2. The monoisotopic (exact) mass is 419 g/mol. The number of aromatic nitrogens is 1. The van der Waals surface area contributed by atoms with Crippen LogP contribution in [0.25, 0.3) is 0 Å². The molecule has 10 heteroatoms. The average Bonchev–Trinajstić information content (AvgIpc) is 2.59. The van der Waals surface area contributed by atoms with Crippen LogP contribution < -0.4 is 10.2 Å². The van der Waals surface area contributed by atoms with Crippen molar-refractivity contribution in [2.24, 2.45) is 5.41 Å². The van der Waals surface area contributed by atoms with Crippen molar-refractivity contribution >= 4 is 23.4 Å². The molecule has 2 heterocycles. The lowest BCUT2D eigenvalue weighted by Crippen LogP contribution is -2.40. The van der Waals surface area contributed by atoms with Crippen LogP contribution in [0, 0.1) is 5.41 Å². The SMILES string of the molecule is CC(=O)O.CNc1ccc(C(F)(F)F)nc1N1CCC(OC(=O)C(C)(C)C)CC1. The number of pyridine rings is 1. The molecule has 0 saturated carbocycles. The van der Waals surface area contributed by atoms with Gasteiger partial charge in [0.25, 0.3) is 5.97 Å². The van der Waals surface area contributed by atoms with Gasteiger partial charge in [0.05, 0.1) is 11.1 Å². The van der Waals surface area contributed by atoms with E-state index in [1.165, 1.54) is 6.07 Å². The van der Waals surface area contributed by atoms with Crippen molar-refractivity contribution in [3.63, 3.8) is 0 Å². The van der Waals surface area contributed by atoms with Crippen molar-refractivity contribution in [3.05, 3.63) is 17.8 Å². The third-order valence-corrected chi connectivity index (χ3v) is 4.06. The van der Waals surface area contributed by atoms with Crippen LogP contribution in [0.4, 0.5) is 24.7 Å². The molecule has 0 aromatic carbocycles. The number of halogens is 3. The second kappa shape index (κ2) is 9.80. The van der Waals surface area contributed by atoms with Gasteiger partial charge in [0.2, 0.25) is 0 Å². The number of carbonyl (C=O) groups excluding carboxylic acids is 1. The Kier molecular flexibility index (Phi) is 8.28. The Morgan fingerprint density at radius 2 is 1.72 bits per heavy atom. The average molecular weight is 419 g/mol. The summed E-state index contributed by atoms with van der Waals surface area (Å²) in [6.07, 6.45) is -3.58. The van der Waals surface area contributed by atoms with E-state index in [0.29, 0.717) is 31.6 Å². The third-order valence-electron chi connectivity index (χ3n) is 4.06. The number of hydrogen-bond donors (Lipinski definition) is 2. The second-order valence-electron chi connectivity index (χ2n) is 7.68. The van der Waals surface area contributed by atoms with Crippen LogP contribution in [0.3, 0.4) is 0 Å². The lowest BCUT2D eigenvalue weighted by Gasteiger charge is -2.34. The summed E-state index contributed by atoms with van der Waals surface area (Å²) in [5, 5.41) is 10.3. The molecule has 1 aromatic heterocycles. The summed E-state index contributed by atoms with van der Waals surface area (Å²) in [5.74, 6) is -0.822. The molecule has 1 saturated heterocycles. The van der Waals surface area contributed by atoms with Crippen molar-refractivity contribution in [2.75, 3.05) is 30.4 Å². The lowest BCUT2D eigenvalue weighted by atomic mass is 9.97. The number of carbonyl (C=O) groups is 2. The number of carboxylic acid groups (broad SMARTS) is 1. The van der Waals surface area contributed by atoms with Gasteiger partial charge in [-0.2, -0.15) is 13.2 Å². The Morgan fingerprint density at radius 1 is 1.21 bits per heavy atom. The minimum atomic E-state index is -4.48. The van der Waals surface area contributed by atoms with E-state index >= 15 is 0 Å². The van der Waals surface area contributed by atoms with Gasteiger partial charge in [-0.1, -0.05) is 0 Å². The molecule has 7 nitrogen and oxygen atoms in total. The molecule has 2 N–H and O–H groups in total. The number of ether oxygens (including phenoxy) is 1. The maximum absolute atomic E-state index is 12.9. The number of alkyl halides is 3. The summed E-state index contributed by atoms with van der Waals surface area (Å²) in [7, 11) is 1.64. The number of carboxylic acids is 1. The smallest absolute Gasteiger partial charge is 0.433 e. The van der Waals surface area contributed by atoms with E-state index in [1.807, 2.05) is 0 Å². The number of aliphatic carboxylic acids is 1. The van der Waals surface area contributed by atoms with Gasteiger partial charge >= 0.3 is 12.1 Å². The Balaban J connectivity index is 0.000000960. The summed E-state index contributed by atoms with van der Waals surface area (Å²) < 4.78 is 44.3. The molecule has 0 unspecified atom stereocenters. The molecular weight excluding hydrogens is 391 g/mol. The summed E-state index contributed by atoms with van der Waals surface area (Å²) in [4.78, 5) is 26.5. The molecule has 0 radical (unpaired) electrons. The Hall–Kier alpha value is -2.52. The van der Waals surface area contributed by atoms with Gasteiger partial charge in [-0.3, -0.25) is 9.59 Å². The molecule has 0 aliphatic carbocycles. The first kappa shape index (κ1) is 24.5. The maximum Gasteiger partial charge on any atom is 0.433 e. The molecule has 164 valence electrons. The van der Waals surface area contributed by atoms with Gasteiger partial charge in [-0.25, -0.2) is 4.98 Å². The van der Waals surface area contributed by atoms with Gasteiger partial charge < -0.3 is 20.1 Å². The molecular formula is C19H28F3N3O4. The first-order valence-corrected chi connectivity index (χ1v) is 9.17. The molecule has 1 aliphatic rings. The highest BCUT2D eigenvalue weighted by molar-refractivity contribution is 5.75. The van der Waals surface area contributed by atoms with Gasteiger partial charge in [0.1, 0.15) is 11.8 Å². The third kappa shape index (κ3) is 7.78. The Bertz CT molecular complexity index is 706. The highest BCUT2D eigenvalue weighted by atomic mass is 19.4. The molecule has 1 aromatic rings. The molecule has 0 atom stereocenters. The van der Waals surface area contributed by atoms with E-state index in [2.05, 4.69) is 10.3 Å². The number of nitrogens with zero attached hydrogens (tertiary/aromatic N) is 2. The largest absolute Gasteiger partial charge is 0.481 e. The van der Waals surface area contributed by atoms with Crippen LogP contribution in [-0.2, 0) is 20.5 Å². The number of hydrogen-bond acceptors (Lipinski definition) is 6. The number of nitrogens with one attached hydrogen (secondary N) is 1. The normalized spacial score (nSPS) is 15.2. The van der Waals surface area contributed by atoms with E-state index in [0.717, 1.165) is 13.0 Å². The second-order valence-corrected chi connectivity index (χ2v) is 7.68. The summed E-state index contributed by atoms with van der Waals surface area (Å²) in [6.45, 7) is 7.40. The van der Waals surface area contributed by atoms with Crippen LogP contribution in [0.2, 0.25) is 0 Å². The first-order valence-electron chi connectivity index (χ1n) is 9.17. The standard InChI is InChI=1S/C17H24F3N3O2.C2H4O2/c1-16(2,3)15(24)25-11-7-9-23(10-8-11)14-12(21-4)5-6-13(22-14)17(18,19)20;1-2(3)4/h5-6,11,21H,7-10H2,1-4H3;1H3,(H,3,4). The molecule has 0 bridgehead atoms. The van der Waals surface area contributed by atoms with E-state index in [1.54, 1.807) is 32.7 Å². The minimum absolute atomic E-state index is 0.216. The van der Waals surface area contributed by atoms with Crippen molar-refractivity contribution in [2.45, 2.75) is 52.8 Å². The predicted molar refractivity (Wildman–Crippen MR) is 103 cm³/mol. The fraction of sp³-hybridized carbons (Fsp3) is 0.632. The van der Waals surface area contributed by atoms with Gasteiger partial charge in [0.15, 0.2) is 5.82 Å². The van der Waals surface area contributed by atoms with Gasteiger partial charge in [-0.05, 0) is 32.9 Å². The van der Waals surface area contributed by atoms with E-state index in [4.69, 9.17) is 14.6 Å². The number of rotatable bonds is 3. The quantitative estimate of drug-likeness (QED) is 0.720. The molecule has 29 heavy (non-hydrogen) atoms. The predicted octanol–water partition coefficient (Wildman–Crippen LogP) is 3.79. The zero-order valence-corrected chi connectivity index (χ0v) is 17.3. The van der Waals surface area contributed by atoms with Crippen LogP contribution in [0.5, 0.6) is 0 Å². The highest BCUT2D eigenvalue weighted by Gasteiger charge is 2.34. The van der Waals surface area contributed by atoms with Crippen molar-refractivity contribution in [1.29, 1.82) is 0 Å². The molecule has 1 fully saturated rings. The zero-order chi connectivity index (χ0) is 22.4. The van der Waals surface area contributed by atoms with Crippen molar-refractivity contribution < 1.29 is 32.6 Å². The molecule has 0 spiro atoms. The van der Waals surface area contributed by atoms with Crippen molar-refractivity contribution in [3.8, 4) is 0 Å². The van der Waals surface area contributed by atoms with E-state index in [-0.39, 0.29) is 17.9 Å². The minimum Gasteiger partial charge on any atom is -0.481 e. The fourth-order valence-electron chi connectivity index (χ4n) is 2.56. The zero-order valence-electron chi connectivity index (χ0n) is 17.3. The highest BCUT2D eigenvalue weighted by Crippen LogP contribution is 2.33. The number of esters is 1. The lowest BCUT2D eigenvalue weighted by molar-refractivity contribution is -0.159. The molecule has 2 rings (SSSR count). The van der Waals surface area contributed by atoms with E-state index < -0.39 is 23.3 Å². The topological polar surface area (TPSA) is 91.8 Å². The maximum atomic E-state index is 12.9. The van der Waals surface area contributed by atoms with Crippen LogP contribution in [0.15, 0.2) is 12.1 Å². The summed E-state index contributed by atoms with van der Waals surface area (Å²) >= 11 is 0.